The van der Waals surface area contributed by atoms with Gasteiger partial charge in [0.25, 0.3) is 15.9 Å². The molecule has 3 aromatic rings. The summed E-state index contributed by atoms with van der Waals surface area (Å²) in [5.41, 5.74) is 1.04. The first-order chi connectivity index (χ1) is 18.6. The number of hydrogen-bond acceptors (Lipinski definition) is 9. The van der Waals surface area contributed by atoms with Crippen molar-refractivity contribution >= 4 is 27.6 Å². The number of piperazine rings is 1. The molecule has 0 spiro atoms. The summed E-state index contributed by atoms with van der Waals surface area (Å²) in [6.07, 6.45) is 4.39. The van der Waals surface area contributed by atoms with E-state index in [0.29, 0.717) is 30.6 Å². The van der Waals surface area contributed by atoms with E-state index in [9.17, 15) is 13.2 Å². The van der Waals surface area contributed by atoms with Crippen LogP contribution >= 0.6 is 0 Å². The van der Waals surface area contributed by atoms with E-state index in [4.69, 9.17) is 0 Å². The minimum Gasteiger partial charge on any atom is -0.354 e. The standard InChI is InChI=1S/C28H35N7O3S/c1-21-12-15-35(28(21,2)3)26-23(9-7-14-30-26)27(36)32-39(37,38)25-11-6-10-24(31-25)34-18-16-33(17-19-34)20-22-8-4-5-13-29-22/h4-11,13-14,21H,12,15-20H2,1-3H3,(H,32,36). The fourth-order valence-electron chi connectivity index (χ4n) is 5.21. The van der Waals surface area contributed by atoms with Crippen molar-refractivity contribution in [2.24, 2.45) is 5.92 Å². The lowest BCUT2D eigenvalue weighted by atomic mass is 9.90. The van der Waals surface area contributed by atoms with Crippen molar-refractivity contribution in [2.45, 2.75) is 44.3 Å². The number of pyridine rings is 3. The van der Waals surface area contributed by atoms with Gasteiger partial charge in [-0.3, -0.25) is 14.7 Å². The van der Waals surface area contributed by atoms with Crippen molar-refractivity contribution in [3.05, 3.63) is 72.2 Å². The van der Waals surface area contributed by atoms with Crippen molar-refractivity contribution in [3.63, 3.8) is 0 Å². The summed E-state index contributed by atoms with van der Waals surface area (Å²) in [4.78, 5) is 33.0. The Morgan fingerprint density at radius 1 is 0.974 bits per heavy atom. The molecule has 0 saturated carbocycles. The van der Waals surface area contributed by atoms with Crippen LogP contribution in [0.25, 0.3) is 0 Å². The van der Waals surface area contributed by atoms with Crippen molar-refractivity contribution < 1.29 is 13.2 Å². The van der Waals surface area contributed by atoms with Crippen molar-refractivity contribution in [1.29, 1.82) is 0 Å². The van der Waals surface area contributed by atoms with Gasteiger partial charge in [-0.1, -0.05) is 19.1 Å². The van der Waals surface area contributed by atoms with Crippen molar-refractivity contribution in [3.8, 4) is 0 Å². The number of amides is 1. The van der Waals surface area contributed by atoms with Crippen LogP contribution < -0.4 is 14.5 Å². The van der Waals surface area contributed by atoms with E-state index >= 15 is 0 Å². The maximum absolute atomic E-state index is 13.3. The molecule has 2 aliphatic rings. The van der Waals surface area contributed by atoms with E-state index in [2.05, 4.69) is 55.1 Å². The summed E-state index contributed by atoms with van der Waals surface area (Å²) < 4.78 is 28.7. The smallest absolute Gasteiger partial charge is 0.281 e. The highest BCUT2D eigenvalue weighted by Crippen LogP contribution is 2.38. The lowest BCUT2D eigenvalue weighted by Gasteiger charge is -2.36. The van der Waals surface area contributed by atoms with E-state index in [0.717, 1.165) is 38.3 Å². The summed E-state index contributed by atoms with van der Waals surface area (Å²) in [7, 11) is -4.20. The number of nitrogens with one attached hydrogen (secondary N) is 1. The molecule has 2 saturated heterocycles. The summed E-state index contributed by atoms with van der Waals surface area (Å²) in [6.45, 7) is 11.0. The fourth-order valence-corrected chi connectivity index (χ4v) is 6.14. The predicted octanol–water partition coefficient (Wildman–Crippen LogP) is 2.94. The second-order valence-electron chi connectivity index (χ2n) is 10.7. The first-order valence-electron chi connectivity index (χ1n) is 13.3. The van der Waals surface area contributed by atoms with Crippen LogP contribution in [0, 0.1) is 5.92 Å². The summed E-state index contributed by atoms with van der Waals surface area (Å²) >= 11 is 0. The summed E-state index contributed by atoms with van der Waals surface area (Å²) in [5.74, 6) is 0.745. The molecule has 10 nitrogen and oxygen atoms in total. The van der Waals surface area contributed by atoms with Crippen LogP contribution in [-0.2, 0) is 16.6 Å². The lowest BCUT2D eigenvalue weighted by molar-refractivity contribution is 0.0981. The maximum Gasteiger partial charge on any atom is 0.281 e. The Morgan fingerprint density at radius 2 is 1.74 bits per heavy atom. The Balaban J connectivity index is 1.28. The zero-order chi connectivity index (χ0) is 27.6. The van der Waals surface area contributed by atoms with Gasteiger partial charge in [0.1, 0.15) is 11.6 Å². The van der Waals surface area contributed by atoms with Gasteiger partial charge in [-0.15, -0.1) is 0 Å². The van der Waals surface area contributed by atoms with E-state index in [1.807, 2.05) is 18.2 Å². The molecule has 206 valence electrons. The highest BCUT2D eigenvalue weighted by Gasteiger charge is 2.40. The lowest BCUT2D eigenvalue weighted by Crippen LogP contribution is -2.46. The molecule has 11 heteroatoms. The minimum atomic E-state index is -4.20. The number of anilines is 2. The topological polar surface area (TPSA) is 112 Å². The number of nitrogens with zero attached hydrogens (tertiary/aromatic N) is 6. The molecule has 0 radical (unpaired) electrons. The van der Waals surface area contributed by atoms with Crippen LogP contribution in [0.2, 0.25) is 0 Å². The third-order valence-corrected chi connectivity index (χ3v) is 9.23. The summed E-state index contributed by atoms with van der Waals surface area (Å²) in [6, 6.07) is 14.0. The molecule has 0 aliphatic carbocycles. The van der Waals surface area contributed by atoms with Crippen LogP contribution in [0.3, 0.4) is 0 Å². The van der Waals surface area contributed by atoms with Gasteiger partial charge in [0, 0.05) is 57.2 Å². The third kappa shape index (κ3) is 5.74. The van der Waals surface area contributed by atoms with Crippen LogP contribution in [0.15, 0.2) is 66.0 Å². The molecule has 2 fully saturated rings. The Hall–Kier alpha value is -3.57. The molecule has 5 heterocycles. The Labute approximate surface area is 230 Å². The van der Waals surface area contributed by atoms with E-state index < -0.39 is 15.9 Å². The zero-order valence-corrected chi connectivity index (χ0v) is 23.4. The number of sulfonamides is 1. The van der Waals surface area contributed by atoms with Crippen molar-refractivity contribution in [2.75, 3.05) is 42.5 Å². The van der Waals surface area contributed by atoms with Gasteiger partial charge in [-0.05, 0) is 62.6 Å². The first kappa shape index (κ1) is 27.0. The molecule has 1 N–H and O–H groups in total. The average molecular weight is 550 g/mol. The van der Waals surface area contributed by atoms with Crippen LogP contribution in [-0.4, -0.2) is 72.4 Å². The number of carbonyl (C=O) groups excluding carboxylic acids is 1. The quantitative estimate of drug-likeness (QED) is 0.475. The molecule has 1 amide bonds. The molecule has 3 aromatic heterocycles. The minimum absolute atomic E-state index is 0.190. The zero-order valence-electron chi connectivity index (χ0n) is 22.6. The predicted molar refractivity (Wildman–Crippen MR) is 150 cm³/mol. The highest BCUT2D eigenvalue weighted by atomic mass is 32.2. The van der Waals surface area contributed by atoms with Gasteiger partial charge in [0.2, 0.25) is 0 Å². The number of hydrogen-bond donors (Lipinski definition) is 1. The van der Waals surface area contributed by atoms with Gasteiger partial charge >= 0.3 is 0 Å². The van der Waals surface area contributed by atoms with Crippen LogP contribution in [0.5, 0.6) is 0 Å². The number of carbonyl (C=O) groups is 1. The van der Waals surface area contributed by atoms with Crippen LogP contribution in [0.1, 0.15) is 43.2 Å². The Morgan fingerprint density at radius 3 is 2.44 bits per heavy atom. The molecule has 1 unspecified atom stereocenters. The molecular formula is C28H35N7O3S. The van der Waals surface area contributed by atoms with Gasteiger partial charge in [-0.2, -0.15) is 8.42 Å². The number of aromatic nitrogens is 3. The summed E-state index contributed by atoms with van der Waals surface area (Å²) in [5, 5.41) is -0.190. The normalized spacial score (nSPS) is 19.7. The molecule has 1 atom stereocenters. The van der Waals surface area contributed by atoms with Gasteiger partial charge in [0.15, 0.2) is 5.03 Å². The van der Waals surface area contributed by atoms with E-state index in [-0.39, 0.29) is 16.1 Å². The first-order valence-corrected chi connectivity index (χ1v) is 14.8. The third-order valence-electron chi connectivity index (χ3n) is 7.99. The van der Waals surface area contributed by atoms with Crippen LogP contribution in [0.4, 0.5) is 11.6 Å². The Kier molecular flexibility index (Phi) is 7.55. The molecule has 39 heavy (non-hydrogen) atoms. The molecule has 2 aliphatic heterocycles. The van der Waals surface area contributed by atoms with Gasteiger partial charge in [0.05, 0.1) is 11.3 Å². The molecule has 0 bridgehead atoms. The average Bonchev–Trinajstić information content (AvgIpc) is 3.21. The Bertz CT molecular complexity index is 1420. The molecular weight excluding hydrogens is 514 g/mol. The monoisotopic (exact) mass is 549 g/mol. The molecule has 5 rings (SSSR count). The van der Waals surface area contributed by atoms with E-state index in [1.54, 1.807) is 36.7 Å². The fraction of sp³-hybridized carbons (Fsp3) is 0.429. The number of rotatable bonds is 7. The largest absolute Gasteiger partial charge is 0.354 e. The molecule has 0 aromatic carbocycles. The van der Waals surface area contributed by atoms with Crippen molar-refractivity contribution in [1.82, 2.24) is 24.6 Å². The highest BCUT2D eigenvalue weighted by molar-refractivity contribution is 7.90. The SMILES string of the molecule is CC1CCN(c2ncccc2C(=O)NS(=O)(=O)c2cccc(N3CCN(Cc4ccccn4)CC3)n2)C1(C)C. The van der Waals surface area contributed by atoms with Gasteiger partial charge in [-0.25, -0.2) is 14.7 Å². The van der Waals surface area contributed by atoms with E-state index in [1.165, 1.54) is 6.07 Å². The van der Waals surface area contributed by atoms with Gasteiger partial charge < -0.3 is 9.80 Å². The maximum atomic E-state index is 13.3. The second kappa shape index (κ2) is 10.9. The second-order valence-corrected chi connectivity index (χ2v) is 12.4.